The van der Waals surface area contributed by atoms with Crippen molar-refractivity contribution in [3.05, 3.63) is 23.8 Å². The van der Waals surface area contributed by atoms with Crippen LogP contribution in [0, 0.1) is 11.3 Å². The minimum atomic E-state index is 0.400. The molecule has 1 rings (SSSR count). The lowest BCUT2D eigenvalue weighted by Gasteiger charge is -2.09. The molecule has 0 amide bonds. The molecule has 0 bridgehead atoms. The first-order chi connectivity index (χ1) is 6.33. The largest absolute Gasteiger partial charge is 0.495 e. The molecule has 0 saturated heterocycles. The topological polar surface area (TPSA) is 33.0 Å². The lowest BCUT2D eigenvalue weighted by molar-refractivity contribution is 0.401. The SMILES string of the molecule is COc1c(CC#N)cccc1SC. The number of thioether (sulfide) groups is 1. The monoisotopic (exact) mass is 193 g/mol. The molecule has 1 aromatic rings. The van der Waals surface area contributed by atoms with Gasteiger partial charge in [-0.1, -0.05) is 12.1 Å². The van der Waals surface area contributed by atoms with Gasteiger partial charge >= 0.3 is 0 Å². The van der Waals surface area contributed by atoms with E-state index in [2.05, 4.69) is 6.07 Å². The minimum absolute atomic E-state index is 0.400. The Morgan fingerprint density at radius 2 is 2.31 bits per heavy atom. The molecule has 0 N–H and O–H groups in total. The van der Waals surface area contributed by atoms with E-state index in [1.165, 1.54) is 0 Å². The summed E-state index contributed by atoms with van der Waals surface area (Å²) in [6.45, 7) is 0. The predicted molar refractivity (Wildman–Crippen MR) is 54.1 cm³/mol. The fraction of sp³-hybridized carbons (Fsp3) is 0.300. The molecule has 0 aliphatic carbocycles. The maximum absolute atomic E-state index is 8.59. The van der Waals surface area contributed by atoms with Gasteiger partial charge in [0, 0.05) is 10.5 Å². The van der Waals surface area contributed by atoms with Crippen LogP contribution in [-0.4, -0.2) is 13.4 Å². The van der Waals surface area contributed by atoms with Gasteiger partial charge in [-0.2, -0.15) is 5.26 Å². The summed E-state index contributed by atoms with van der Waals surface area (Å²) in [6, 6.07) is 7.98. The minimum Gasteiger partial charge on any atom is -0.495 e. The highest BCUT2D eigenvalue weighted by atomic mass is 32.2. The van der Waals surface area contributed by atoms with Crippen LogP contribution in [0.1, 0.15) is 5.56 Å². The second-order valence-electron chi connectivity index (χ2n) is 2.49. The smallest absolute Gasteiger partial charge is 0.136 e. The molecule has 68 valence electrons. The molecule has 0 radical (unpaired) electrons. The van der Waals surface area contributed by atoms with Gasteiger partial charge < -0.3 is 4.74 Å². The molecule has 0 unspecified atom stereocenters. The van der Waals surface area contributed by atoms with E-state index in [4.69, 9.17) is 10.00 Å². The summed E-state index contributed by atoms with van der Waals surface area (Å²) in [5, 5.41) is 8.59. The number of nitrogens with zero attached hydrogens (tertiary/aromatic N) is 1. The Morgan fingerprint density at radius 3 is 2.85 bits per heavy atom. The van der Waals surface area contributed by atoms with Crippen molar-refractivity contribution in [3.63, 3.8) is 0 Å². The van der Waals surface area contributed by atoms with Gasteiger partial charge in [0.2, 0.25) is 0 Å². The Labute approximate surface area is 82.5 Å². The molecule has 2 nitrogen and oxygen atoms in total. The summed E-state index contributed by atoms with van der Waals surface area (Å²) >= 11 is 1.63. The molecule has 0 spiro atoms. The van der Waals surface area contributed by atoms with E-state index < -0.39 is 0 Å². The summed E-state index contributed by atoms with van der Waals surface area (Å²) in [4.78, 5) is 1.08. The molecular formula is C10H11NOS. The lowest BCUT2D eigenvalue weighted by atomic mass is 10.1. The average molecular weight is 193 g/mol. The van der Waals surface area contributed by atoms with E-state index in [1.807, 2.05) is 24.5 Å². The average Bonchev–Trinajstić information content (AvgIpc) is 2.18. The van der Waals surface area contributed by atoms with Crippen LogP contribution in [0.5, 0.6) is 5.75 Å². The zero-order chi connectivity index (χ0) is 9.68. The Balaban J connectivity index is 3.12. The molecular weight excluding hydrogens is 182 g/mol. The van der Waals surface area contributed by atoms with Crippen LogP contribution in [0.2, 0.25) is 0 Å². The van der Waals surface area contributed by atoms with Crippen molar-refractivity contribution in [2.45, 2.75) is 11.3 Å². The molecule has 0 heterocycles. The maximum Gasteiger partial charge on any atom is 0.136 e. The number of benzene rings is 1. The number of nitriles is 1. The number of para-hydroxylation sites is 1. The Hall–Kier alpha value is -1.14. The Kier molecular flexibility index (Phi) is 3.66. The van der Waals surface area contributed by atoms with Gasteiger partial charge in [-0.25, -0.2) is 0 Å². The molecule has 0 atom stereocenters. The van der Waals surface area contributed by atoms with Crippen molar-refractivity contribution < 1.29 is 4.74 Å². The van der Waals surface area contributed by atoms with E-state index in [1.54, 1.807) is 18.9 Å². The molecule has 0 aromatic heterocycles. The Bertz CT molecular complexity index is 330. The van der Waals surface area contributed by atoms with Gasteiger partial charge in [0.15, 0.2) is 0 Å². The van der Waals surface area contributed by atoms with Crippen molar-refractivity contribution in [3.8, 4) is 11.8 Å². The highest BCUT2D eigenvalue weighted by molar-refractivity contribution is 7.98. The van der Waals surface area contributed by atoms with Crippen LogP contribution in [0.4, 0.5) is 0 Å². The van der Waals surface area contributed by atoms with Gasteiger partial charge in [0.05, 0.1) is 19.6 Å². The molecule has 0 aliphatic heterocycles. The van der Waals surface area contributed by atoms with Crippen LogP contribution in [0.25, 0.3) is 0 Å². The maximum atomic E-state index is 8.59. The van der Waals surface area contributed by atoms with Crippen LogP contribution >= 0.6 is 11.8 Å². The van der Waals surface area contributed by atoms with Crippen molar-refractivity contribution >= 4 is 11.8 Å². The van der Waals surface area contributed by atoms with Crippen molar-refractivity contribution in [1.82, 2.24) is 0 Å². The second kappa shape index (κ2) is 4.78. The number of methoxy groups -OCH3 is 1. The summed E-state index contributed by atoms with van der Waals surface area (Å²) in [6.07, 6.45) is 2.39. The standard InChI is InChI=1S/C10H11NOS/c1-12-10-8(6-7-11)4-3-5-9(10)13-2/h3-5H,6H2,1-2H3. The fourth-order valence-corrected chi connectivity index (χ4v) is 1.79. The molecule has 13 heavy (non-hydrogen) atoms. The molecule has 0 saturated carbocycles. The quantitative estimate of drug-likeness (QED) is 0.691. The van der Waals surface area contributed by atoms with Gasteiger partial charge in [-0.3, -0.25) is 0 Å². The number of hydrogen-bond donors (Lipinski definition) is 0. The van der Waals surface area contributed by atoms with Gasteiger partial charge in [0.1, 0.15) is 5.75 Å². The molecule has 3 heteroatoms. The van der Waals surface area contributed by atoms with Crippen LogP contribution < -0.4 is 4.74 Å². The summed E-state index contributed by atoms with van der Waals surface area (Å²) in [5.41, 5.74) is 0.955. The third kappa shape index (κ3) is 2.16. The number of rotatable bonds is 3. The van der Waals surface area contributed by atoms with Gasteiger partial charge in [0.25, 0.3) is 0 Å². The number of hydrogen-bond acceptors (Lipinski definition) is 3. The van der Waals surface area contributed by atoms with E-state index in [9.17, 15) is 0 Å². The second-order valence-corrected chi connectivity index (χ2v) is 3.34. The lowest BCUT2D eigenvalue weighted by Crippen LogP contribution is -1.92. The van der Waals surface area contributed by atoms with Gasteiger partial charge in [-0.15, -0.1) is 11.8 Å². The first-order valence-electron chi connectivity index (χ1n) is 3.90. The van der Waals surface area contributed by atoms with E-state index in [0.29, 0.717) is 6.42 Å². The predicted octanol–water partition coefficient (Wildman–Crippen LogP) is 2.48. The molecule has 0 aliphatic rings. The highest BCUT2D eigenvalue weighted by Crippen LogP contribution is 2.30. The third-order valence-corrected chi connectivity index (χ3v) is 2.52. The third-order valence-electron chi connectivity index (χ3n) is 1.75. The van der Waals surface area contributed by atoms with E-state index in [0.717, 1.165) is 16.2 Å². The summed E-state index contributed by atoms with van der Waals surface area (Å²) in [5.74, 6) is 0.830. The van der Waals surface area contributed by atoms with Crippen molar-refractivity contribution in [2.24, 2.45) is 0 Å². The van der Waals surface area contributed by atoms with Crippen LogP contribution in [-0.2, 0) is 6.42 Å². The summed E-state index contributed by atoms with van der Waals surface area (Å²) < 4.78 is 5.25. The van der Waals surface area contributed by atoms with Crippen molar-refractivity contribution in [2.75, 3.05) is 13.4 Å². The first-order valence-corrected chi connectivity index (χ1v) is 5.12. The number of ether oxygens (including phenoxy) is 1. The summed E-state index contributed by atoms with van der Waals surface area (Å²) in [7, 11) is 1.63. The Morgan fingerprint density at radius 1 is 1.54 bits per heavy atom. The highest BCUT2D eigenvalue weighted by Gasteiger charge is 2.06. The van der Waals surface area contributed by atoms with E-state index >= 15 is 0 Å². The van der Waals surface area contributed by atoms with E-state index in [-0.39, 0.29) is 0 Å². The van der Waals surface area contributed by atoms with Gasteiger partial charge in [-0.05, 0) is 12.3 Å². The molecule has 1 aromatic carbocycles. The zero-order valence-electron chi connectivity index (χ0n) is 7.70. The zero-order valence-corrected chi connectivity index (χ0v) is 8.52. The fourth-order valence-electron chi connectivity index (χ4n) is 1.18. The van der Waals surface area contributed by atoms with Crippen molar-refractivity contribution in [1.29, 1.82) is 5.26 Å². The molecule has 0 fully saturated rings. The van der Waals surface area contributed by atoms with Crippen LogP contribution in [0.3, 0.4) is 0 Å². The normalized spacial score (nSPS) is 9.31. The van der Waals surface area contributed by atoms with Crippen LogP contribution in [0.15, 0.2) is 23.1 Å². The first kappa shape index (κ1) is 9.94.